The van der Waals surface area contributed by atoms with Gasteiger partial charge in [0.1, 0.15) is 0 Å². The standard InChI is InChI=1S/C10H23N3/c1-8(2)7-13(9(3)4)6-5-10(11)12/h8-9H,5-7H2,1-4H3,(H3,11,12). The summed E-state index contributed by atoms with van der Waals surface area (Å²) in [4.78, 5) is 2.37. The van der Waals surface area contributed by atoms with Crippen LogP contribution in [0.5, 0.6) is 0 Å². The molecule has 0 saturated carbocycles. The predicted molar refractivity (Wildman–Crippen MR) is 58.1 cm³/mol. The average Bonchev–Trinajstić information content (AvgIpc) is 1.96. The lowest BCUT2D eigenvalue weighted by Gasteiger charge is -2.27. The van der Waals surface area contributed by atoms with Crippen LogP contribution in [-0.4, -0.2) is 29.9 Å². The van der Waals surface area contributed by atoms with Gasteiger partial charge in [-0.05, 0) is 19.8 Å². The Bertz CT molecular complexity index is 152. The number of nitrogens with one attached hydrogen (secondary N) is 1. The Morgan fingerprint density at radius 2 is 1.85 bits per heavy atom. The van der Waals surface area contributed by atoms with Crippen molar-refractivity contribution in [2.24, 2.45) is 11.7 Å². The van der Waals surface area contributed by atoms with Gasteiger partial charge in [0.15, 0.2) is 0 Å². The monoisotopic (exact) mass is 185 g/mol. The second kappa shape index (κ2) is 5.97. The van der Waals surface area contributed by atoms with Crippen LogP contribution in [0.3, 0.4) is 0 Å². The molecule has 0 radical (unpaired) electrons. The Kier molecular flexibility index (Phi) is 5.71. The van der Waals surface area contributed by atoms with E-state index in [4.69, 9.17) is 11.1 Å². The minimum absolute atomic E-state index is 0.286. The maximum Gasteiger partial charge on any atom is 0.0918 e. The Labute approximate surface area is 81.8 Å². The molecule has 0 bridgehead atoms. The molecule has 0 fully saturated rings. The van der Waals surface area contributed by atoms with Gasteiger partial charge in [-0.15, -0.1) is 0 Å². The van der Waals surface area contributed by atoms with Gasteiger partial charge in [-0.25, -0.2) is 0 Å². The smallest absolute Gasteiger partial charge is 0.0918 e. The SMILES string of the molecule is CC(C)CN(CCC(=N)N)C(C)C. The van der Waals surface area contributed by atoms with Crippen molar-refractivity contribution in [2.75, 3.05) is 13.1 Å². The summed E-state index contributed by atoms with van der Waals surface area (Å²) in [6.45, 7) is 10.8. The van der Waals surface area contributed by atoms with Gasteiger partial charge in [0.25, 0.3) is 0 Å². The van der Waals surface area contributed by atoms with Gasteiger partial charge in [0, 0.05) is 25.6 Å². The van der Waals surface area contributed by atoms with Crippen LogP contribution < -0.4 is 5.73 Å². The fourth-order valence-corrected chi connectivity index (χ4v) is 1.29. The van der Waals surface area contributed by atoms with E-state index in [-0.39, 0.29) is 5.84 Å². The summed E-state index contributed by atoms with van der Waals surface area (Å²) in [7, 11) is 0. The maximum atomic E-state index is 7.16. The van der Waals surface area contributed by atoms with Crippen molar-refractivity contribution in [3.8, 4) is 0 Å². The molecule has 3 nitrogen and oxygen atoms in total. The quantitative estimate of drug-likeness (QED) is 0.488. The number of nitrogens with two attached hydrogens (primary N) is 1. The van der Waals surface area contributed by atoms with Crippen LogP contribution in [0.4, 0.5) is 0 Å². The van der Waals surface area contributed by atoms with Crippen molar-refractivity contribution in [2.45, 2.75) is 40.2 Å². The van der Waals surface area contributed by atoms with Gasteiger partial charge in [0.2, 0.25) is 0 Å². The lowest BCUT2D eigenvalue weighted by Crippen LogP contribution is -2.36. The Morgan fingerprint density at radius 3 is 2.15 bits per heavy atom. The third-order valence-electron chi connectivity index (χ3n) is 2.00. The molecular weight excluding hydrogens is 162 g/mol. The van der Waals surface area contributed by atoms with Crippen molar-refractivity contribution in [1.29, 1.82) is 5.41 Å². The van der Waals surface area contributed by atoms with Gasteiger partial charge in [-0.1, -0.05) is 13.8 Å². The number of nitrogens with zero attached hydrogens (tertiary/aromatic N) is 1. The van der Waals surface area contributed by atoms with Crippen LogP contribution in [0.2, 0.25) is 0 Å². The van der Waals surface area contributed by atoms with E-state index in [0.29, 0.717) is 18.4 Å². The number of hydrogen-bond acceptors (Lipinski definition) is 2. The molecule has 0 heterocycles. The first-order valence-electron chi connectivity index (χ1n) is 5.00. The van der Waals surface area contributed by atoms with Crippen molar-refractivity contribution < 1.29 is 0 Å². The third kappa shape index (κ3) is 6.58. The topological polar surface area (TPSA) is 53.1 Å². The molecule has 0 amide bonds. The van der Waals surface area contributed by atoms with E-state index >= 15 is 0 Å². The molecule has 78 valence electrons. The van der Waals surface area contributed by atoms with E-state index < -0.39 is 0 Å². The Morgan fingerprint density at radius 1 is 1.31 bits per heavy atom. The lowest BCUT2D eigenvalue weighted by molar-refractivity contribution is 0.203. The summed E-state index contributed by atoms with van der Waals surface area (Å²) >= 11 is 0. The van der Waals surface area contributed by atoms with Crippen LogP contribution in [0, 0.1) is 11.3 Å². The van der Waals surface area contributed by atoms with Gasteiger partial charge < -0.3 is 10.6 Å². The van der Waals surface area contributed by atoms with Gasteiger partial charge in [-0.2, -0.15) is 0 Å². The number of amidine groups is 1. The molecule has 0 aliphatic heterocycles. The Hall–Kier alpha value is -0.570. The van der Waals surface area contributed by atoms with E-state index in [0.717, 1.165) is 13.1 Å². The summed E-state index contributed by atoms with van der Waals surface area (Å²) < 4.78 is 0. The molecule has 0 spiro atoms. The summed E-state index contributed by atoms with van der Waals surface area (Å²) in [5, 5.41) is 7.16. The summed E-state index contributed by atoms with van der Waals surface area (Å²) in [5.74, 6) is 0.962. The molecule has 0 aromatic rings. The van der Waals surface area contributed by atoms with E-state index in [1.54, 1.807) is 0 Å². The van der Waals surface area contributed by atoms with Gasteiger partial charge >= 0.3 is 0 Å². The van der Waals surface area contributed by atoms with E-state index in [1.807, 2.05) is 0 Å². The number of hydrogen-bond donors (Lipinski definition) is 2. The van der Waals surface area contributed by atoms with Crippen LogP contribution >= 0.6 is 0 Å². The van der Waals surface area contributed by atoms with Gasteiger partial charge in [0.05, 0.1) is 5.84 Å². The van der Waals surface area contributed by atoms with E-state index in [1.165, 1.54) is 0 Å². The highest BCUT2D eigenvalue weighted by Gasteiger charge is 2.10. The fraction of sp³-hybridized carbons (Fsp3) is 0.900. The minimum Gasteiger partial charge on any atom is -0.388 e. The van der Waals surface area contributed by atoms with Crippen LogP contribution in [0.1, 0.15) is 34.1 Å². The van der Waals surface area contributed by atoms with Crippen molar-refractivity contribution in [3.63, 3.8) is 0 Å². The second-order valence-corrected chi connectivity index (χ2v) is 4.26. The van der Waals surface area contributed by atoms with Crippen molar-refractivity contribution >= 4 is 5.84 Å². The molecule has 0 unspecified atom stereocenters. The molecule has 13 heavy (non-hydrogen) atoms. The van der Waals surface area contributed by atoms with Gasteiger partial charge in [-0.3, -0.25) is 5.41 Å². The highest BCUT2D eigenvalue weighted by Crippen LogP contribution is 2.04. The summed E-state index contributed by atoms with van der Waals surface area (Å²) in [6, 6.07) is 0.543. The van der Waals surface area contributed by atoms with Crippen LogP contribution in [0.15, 0.2) is 0 Å². The fourth-order valence-electron chi connectivity index (χ4n) is 1.29. The maximum absolute atomic E-state index is 7.16. The first-order chi connectivity index (χ1) is 5.93. The average molecular weight is 185 g/mol. The molecule has 0 rings (SSSR count). The molecule has 3 heteroatoms. The molecule has 0 aliphatic carbocycles. The predicted octanol–water partition coefficient (Wildman–Crippen LogP) is 1.68. The molecule has 3 N–H and O–H groups in total. The van der Waals surface area contributed by atoms with Crippen molar-refractivity contribution in [3.05, 3.63) is 0 Å². The number of rotatable bonds is 6. The van der Waals surface area contributed by atoms with E-state index in [9.17, 15) is 0 Å². The zero-order valence-electron chi connectivity index (χ0n) is 9.30. The molecule has 0 aliphatic rings. The first kappa shape index (κ1) is 12.4. The van der Waals surface area contributed by atoms with Crippen LogP contribution in [-0.2, 0) is 0 Å². The molecular formula is C10H23N3. The highest BCUT2D eigenvalue weighted by molar-refractivity contribution is 5.76. The molecule has 0 aromatic carbocycles. The summed E-state index contributed by atoms with van der Waals surface area (Å²) in [6.07, 6.45) is 0.685. The molecule has 0 saturated heterocycles. The molecule has 0 aromatic heterocycles. The third-order valence-corrected chi connectivity index (χ3v) is 2.00. The summed E-state index contributed by atoms with van der Waals surface area (Å²) in [5.41, 5.74) is 5.33. The highest BCUT2D eigenvalue weighted by atomic mass is 15.1. The van der Waals surface area contributed by atoms with Crippen molar-refractivity contribution in [1.82, 2.24) is 4.90 Å². The zero-order valence-corrected chi connectivity index (χ0v) is 9.30. The Balaban J connectivity index is 3.87. The van der Waals surface area contributed by atoms with Crippen LogP contribution in [0.25, 0.3) is 0 Å². The first-order valence-corrected chi connectivity index (χ1v) is 5.00. The largest absolute Gasteiger partial charge is 0.388 e. The lowest BCUT2D eigenvalue weighted by atomic mass is 10.1. The molecule has 0 atom stereocenters. The minimum atomic E-state index is 0.286. The normalized spacial score (nSPS) is 11.6. The zero-order chi connectivity index (χ0) is 10.4. The van der Waals surface area contributed by atoms with E-state index in [2.05, 4.69) is 32.6 Å². The second-order valence-electron chi connectivity index (χ2n) is 4.26.